The maximum absolute atomic E-state index is 11.1. The molecule has 74 valence electrons. The van der Waals surface area contributed by atoms with Crippen LogP contribution in [0.1, 0.15) is 26.2 Å². The van der Waals surface area contributed by atoms with Crippen molar-refractivity contribution in [3.05, 3.63) is 0 Å². The second-order valence-electron chi connectivity index (χ2n) is 3.54. The summed E-state index contributed by atoms with van der Waals surface area (Å²) in [5.74, 6) is 0.561. The van der Waals surface area contributed by atoms with Crippen molar-refractivity contribution in [1.82, 2.24) is 5.32 Å². The highest BCUT2D eigenvalue weighted by atomic mass is 16.6. The first kappa shape index (κ1) is 10.0. The molecule has 2 atom stereocenters. The molecule has 0 aromatic rings. The quantitative estimate of drug-likeness (QED) is 0.524. The Balaban J connectivity index is 2.24. The number of amides is 1. The normalized spacial score (nSPS) is 27.8. The van der Waals surface area contributed by atoms with Crippen molar-refractivity contribution < 1.29 is 9.63 Å². The first-order valence-corrected chi connectivity index (χ1v) is 4.59. The smallest absolute Gasteiger partial charge is 0.266 e. The van der Waals surface area contributed by atoms with Gasteiger partial charge in [0.2, 0.25) is 0 Å². The van der Waals surface area contributed by atoms with Crippen molar-refractivity contribution >= 4 is 12.1 Å². The van der Waals surface area contributed by atoms with Crippen LogP contribution >= 0.6 is 0 Å². The van der Waals surface area contributed by atoms with Gasteiger partial charge in [0, 0.05) is 6.04 Å². The summed E-state index contributed by atoms with van der Waals surface area (Å²) in [7, 11) is 1.42. The van der Waals surface area contributed by atoms with Gasteiger partial charge in [0.1, 0.15) is 13.3 Å². The van der Waals surface area contributed by atoms with Gasteiger partial charge < -0.3 is 10.2 Å². The fourth-order valence-electron chi connectivity index (χ4n) is 1.68. The summed E-state index contributed by atoms with van der Waals surface area (Å²) in [4.78, 5) is 15.5. The number of carbonyl (C=O) groups excluding carboxylic acids is 1. The molecule has 0 spiro atoms. The van der Waals surface area contributed by atoms with Gasteiger partial charge in [-0.15, -0.1) is 0 Å². The van der Waals surface area contributed by atoms with Crippen LogP contribution in [0.3, 0.4) is 0 Å². The summed E-state index contributed by atoms with van der Waals surface area (Å²) in [5, 5.41) is 6.27. The molecule has 0 aliphatic heterocycles. The maximum atomic E-state index is 11.1. The summed E-state index contributed by atoms with van der Waals surface area (Å²) >= 11 is 0. The van der Waals surface area contributed by atoms with Gasteiger partial charge in [0.25, 0.3) is 5.91 Å². The molecule has 0 radical (unpaired) electrons. The largest absolute Gasteiger partial charge is 0.399 e. The maximum Gasteiger partial charge on any atom is 0.266 e. The van der Waals surface area contributed by atoms with E-state index in [2.05, 4.69) is 22.2 Å². The predicted octanol–water partition coefficient (Wildman–Crippen LogP) is 0.923. The third kappa shape index (κ3) is 3.44. The average Bonchev–Trinajstić information content (AvgIpc) is 2.48. The van der Waals surface area contributed by atoms with Crippen molar-refractivity contribution in [3.63, 3.8) is 0 Å². The highest BCUT2D eigenvalue weighted by Crippen LogP contribution is 2.24. The lowest BCUT2D eigenvalue weighted by Crippen LogP contribution is -2.33. The lowest BCUT2D eigenvalue weighted by atomic mass is 10.1. The van der Waals surface area contributed by atoms with E-state index in [1.807, 2.05) is 0 Å². The predicted molar refractivity (Wildman–Crippen MR) is 50.4 cm³/mol. The summed E-state index contributed by atoms with van der Waals surface area (Å²) in [5.41, 5.74) is 0. The number of hydrogen-bond donors (Lipinski definition) is 1. The zero-order valence-electron chi connectivity index (χ0n) is 8.12. The van der Waals surface area contributed by atoms with E-state index >= 15 is 0 Å². The van der Waals surface area contributed by atoms with E-state index in [0.29, 0.717) is 6.04 Å². The van der Waals surface area contributed by atoms with E-state index in [1.54, 1.807) is 0 Å². The summed E-state index contributed by atoms with van der Waals surface area (Å²) in [6.07, 6.45) is 4.52. The van der Waals surface area contributed by atoms with Crippen LogP contribution in [0, 0.1) is 5.92 Å². The van der Waals surface area contributed by atoms with E-state index in [1.165, 1.54) is 19.7 Å². The van der Waals surface area contributed by atoms with Gasteiger partial charge in [-0.2, -0.15) is 0 Å². The van der Waals surface area contributed by atoms with Crippen LogP contribution in [0.25, 0.3) is 0 Å². The van der Waals surface area contributed by atoms with Crippen molar-refractivity contribution in [1.29, 1.82) is 0 Å². The van der Waals surface area contributed by atoms with Crippen LogP contribution in [0.4, 0.5) is 0 Å². The second-order valence-corrected chi connectivity index (χ2v) is 3.54. The first-order chi connectivity index (χ1) is 6.22. The van der Waals surface area contributed by atoms with Gasteiger partial charge >= 0.3 is 0 Å². The molecular formula is C9H16N2O2. The van der Waals surface area contributed by atoms with Crippen molar-refractivity contribution in [2.24, 2.45) is 11.1 Å². The van der Waals surface area contributed by atoms with Gasteiger partial charge in [0.15, 0.2) is 0 Å². The number of hydrogen-bond acceptors (Lipinski definition) is 3. The highest BCUT2D eigenvalue weighted by molar-refractivity contribution is 6.26. The average molecular weight is 184 g/mol. The Morgan fingerprint density at radius 1 is 1.62 bits per heavy atom. The molecule has 0 heterocycles. The topological polar surface area (TPSA) is 50.7 Å². The van der Waals surface area contributed by atoms with Gasteiger partial charge in [-0.25, -0.2) is 0 Å². The Bertz CT molecular complexity index is 204. The minimum atomic E-state index is -0.166. The minimum Gasteiger partial charge on any atom is -0.399 e. The number of nitrogens with one attached hydrogen (secondary N) is 1. The molecule has 1 N–H and O–H groups in total. The van der Waals surface area contributed by atoms with E-state index < -0.39 is 0 Å². The van der Waals surface area contributed by atoms with Crippen LogP contribution < -0.4 is 5.32 Å². The second kappa shape index (κ2) is 4.84. The monoisotopic (exact) mass is 184 g/mol. The lowest BCUT2D eigenvalue weighted by Gasteiger charge is -2.09. The molecule has 0 aromatic heterocycles. The zero-order valence-corrected chi connectivity index (χ0v) is 8.12. The van der Waals surface area contributed by atoms with Crippen molar-refractivity contribution in [3.8, 4) is 0 Å². The molecule has 2 unspecified atom stereocenters. The lowest BCUT2D eigenvalue weighted by molar-refractivity contribution is -0.115. The highest BCUT2D eigenvalue weighted by Gasteiger charge is 2.21. The SMILES string of the molecule is CO/N=C/C(=O)NC1CCC(C)C1. The van der Waals surface area contributed by atoms with E-state index in [0.717, 1.165) is 18.8 Å². The zero-order chi connectivity index (χ0) is 9.68. The molecule has 4 heteroatoms. The first-order valence-electron chi connectivity index (χ1n) is 4.59. The van der Waals surface area contributed by atoms with E-state index in [9.17, 15) is 4.79 Å². The molecule has 1 aliphatic carbocycles. The fourth-order valence-corrected chi connectivity index (χ4v) is 1.68. The minimum absolute atomic E-state index is 0.166. The molecule has 1 amide bonds. The number of rotatable bonds is 3. The molecule has 0 saturated heterocycles. The van der Waals surface area contributed by atoms with E-state index in [4.69, 9.17) is 0 Å². The van der Waals surface area contributed by atoms with Gasteiger partial charge in [-0.1, -0.05) is 12.1 Å². The Hall–Kier alpha value is -1.06. The summed E-state index contributed by atoms with van der Waals surface area (Å²) in [6.45, 7) is 2.20. The molecular weight excluding hydrogens is 168 g/mol. The standard InChI is InChI=1S/C9H16N2O2/c1-7-3-4-8(5-7)11-9(12)6-10-13-2/h6-8H,3-5H2,1-2H3,(H,11,12)/b10-6+. The molecule has 1 saturated carbocycles. The van der Waals surface area contributed by atoms with Crippen LogP contribution in [0.2, 0.25) is 0 Å². The van der Waals surface area contributed by atoms with Gasteiger partial charge in [0.05, 0.1) is 0 Å². The molecule has 4 nitrogen and oxygen atoms in total. The van der Waals surface area contributed by atoms with Crippen molar-refractivity contribution in [2.75, 3.05) is 7.11 Å². The van der Waals surface area contributed by atoms with Crippen LogP contribution in [-0.2, 0) is 9.63 Å². The van der Waals surface area contributed by atoms with Gasteiger partial charge in [-0.3, -0.25) is 4.79 Å². The Morgan fingerprint density at radius 2 is 2.38 bits per heavy atom. The molecule has 1 rings (SSSR count). The fraction of sp³-hybridized carbons (Fsp3) is 0.778. The molecule has 0 bridgehead atoms. The Labute approximate surface area is 78.3 Å². The number of oxime groups is 1. The number of carbonyl (C=O) groups is 1. The van der Waals surface area contributed by atoms with Crippen LogP contribution in [0.15, 0.2) is 5.16 Å². The van der Waals surface area contributed by atoms with Gasteiger partial charge in [-0.05, 0) is 25.2 Å². The van der Waals surface area contributed by atoms with E-state index in [-0.39, 0.29) is 5.91 Å². The molecule has 0 aromatic carbocycles. The molecule has 13 heavy (non-hydrogen) atoms. The molecule has 1 aliphatic rings. The molecule has 1 fully saturated rings. The summed E-state index contributed by atoms with van der Waals surface area (Å²) < 4.78 is 0. The third-order valence-corrected chi connectivity index (χ3v) is 2.32. The Morgan fingerprint density at radius 3 is 2.92 bits per heavy atom. The Kier molecular flexibility index (Phi) is 3.73. The summed E-state index contributed by atoms with van der Waals surface area (Å²) in [6, 6.07) is 0.325. The van der Waals surface area contributed by atoms with Crippen LogP contribution in [-0.4, -0.2) is 25.3 Å². The third-order valence-electron chi connectivity index (χ3n) is 2.32. The van der Waals surface area contributed by atoms with Crippen LogP contribution in [0.5, 0.6) is 0 Å². The number of nitrogens with zero attached hydrogens (tertiary/aromatic N) is 1. The van der Waals surface area contributed by atoms with Crippen molar-refractivity contribution in [2.45, 2.75) is 32.2 Å².